The van der Waals surface area contributed by atoms with Gasteiger partial charge >= 0.3 is 0 Å². The molecule has 4 atom stereocenters. The van der Waals surface area contributed by atoms with Crippen LogP contribution in [0.15, 0.2) is 0 Å². The molecule has 0 spiro atoms. The largest absolute Gasteiger partial charge is 0.375 e. The van der Waals surface area contributed by atoms with Crippen LogP contribution in [0.1, 0.15) is 59.3 Å². The zero-order valence-electron chi connectivity index (χ0n) is 12.2. The molecule has 0 aromatic heterocycles. The fourth-order valence-corrected chi connectivity index (χ4v) is 3.46. The van der Waals surface area contributed by atoms with E-state index in [0.717, 1.165) is 19.4 Å². The maximum atomic E-state index is 6.40. The Bertz CT molecular complexity index is 235. The second-order valence-corrected chi connectivity index (χ2v) is 5.97. The van der Waals surface area contributed by atoms with E-state index in [9.17, 15) is 0 Å². The van der Waals surface area contributed by atoms with Crippen molar-refractivity contribution >= 4 is 0 Å². The van der Waals surface area contributed by atoms with Crippen molar-refractivity contribution in [3.05, 3.63) is 0 Å². The lowest BCUT2D eigenvalue weighted by Crippen LogP contribution is -2.46. The Morgan fingerprint density at radius 2 is 1.78 bits per heavy atom. The van der Waals surface area contributed by atoms with Gasteiger partial charge in [0.05, 0.1) is 24.4 Å². The van der Waals surface area contributed by atoms with Crippen LogP contribution in [0.4, 0.5) is 0 Å². The lowest BCUT2D eigenvalue weighted by molar-refractivity contribution is -0.132. The van der Waals surface area contributed by atoms with Gasteiger partial charge in [0.15, 0.2) is 0 Å². The third-order valence-corrected chi connectivity index (χ3v) is 4.19. The van der Waals surface area contributed by atoms with Gasteiger partial charge in [-0.25, -0.2) is 0 Å². The molecule has 1 saturated carbocycles. The molecule has 0 aromatic rings. The van der Waals surface area contributed by atoms with Gasteiger partial charge in [-0.1, -0.05) is 19.8 Å². The van der Waals surface area contributed by atoms with Gasteiger partial charge in [-0.05, 0) is 46.1 Å². The zero-order valence-corrected chi connectivity index (χ0v) is 12.2. The smallest absolute Gasteiger partial charge is 0.0731 e. The van der Waals surface area contributed by atoms with Crippen molar-refractivity contribution in [1.82, 2.24) is 5.32 Å². The molecule has 0 amide bonds. The molecule has 4 unspecified atom stereocenters. The number of ether oxygens (including phenoxy) is 2. The first-order chi connectivity index (χ1) is 8.69. The van der Waals surface area contributed by atoms with Crippen LogP contribution >= 0.6 is 0 Å². The van der Waals surface area contributed by atoms with Crippen molar-refractivity contribution in [3.8, 4) is 0 Å². The second-order valence-electron chi connectivity index (χ2n) is 5.97. The van der Waals surface area contributed by atoms with Gasteiger partial charge in [-0.3, -0.25) is 0 Å². The molecule has 1 N–H and O–H groups in total. The summed E-state index contributed by atoms with van der Waals surface area (Å²) in [6, 6.07) is 0.567. The SMILES string of the molecule is CCNC1CCCCC1OC1CC(C)OC(C)C1. The first-order valence-corrected chi connectivity index (χ1v) is 7.73. The molecule has 18 heavy (non-hydrogen) atoms. The molecule has 0 bridgehead atoms. The molecule has 1 saturated heterocycles. The highest BCUT2D eigenvalue weighted by molar-refractivity contribution is 4.84. The van der Waals surface area contributed by atoms with Crippen molar-refractivity contribution in [2.24, 2.45) is 0 Å². The summed E-state index contributed by atoms with van der Waals surface area (Å²) in [5.74, 6) is 0. The molecule has 1 aliphatic carbocycles. The molecule has 0 radical (unpaired) electrons. The highest BCUT2D eigenvalue weighted by Crippen LogP contribution is 2.28. The van der Waals surface area contributed by atoms with Crippen LogP contribution in [0.2, 0.25) is 0 Å². The van der Waals surface area contributed by atoms with Gasteiger partial charge in [0.1, 0.15) is 0 Å². The first-order valence-electron chi connectivity index (χ1n) is 7.73. The highest BCUT2D eigenvalue weighted by Gasteiger charge is 2.31. The number of hydrogen-bond acceptors (Lipinski definition) is 3. The molecule has 0 aromatic carbocycles. The second kappa shape index (κ2) is 6.88. The average molecular weight is 255 g/mol. The van der Waals surface area contributed by atoms with E-state index in [2.05, 4.69) is 26.1 Å². The van der Waals surface area contributed by atoms with Crippen molar-refractivity contribution in [1.29, 1.82) is 0 Å². The molecule has 2 fully saturated rings. The van der Waals surface area contributed by atoms with Crippen LogP contribution in [0.5, 0.6) is 0 Å². The van der Waals surface area contributed by atoms with E-state index in [0.29, 0.717) is 30.5 Å². The van der Waals surface area contributed by atoms with Crippen LogP contribution in [0, 0.1) is 0 Å². The molecule has 1 heterocycles. The zero-order chi connectivity index (χ0) is 13.0. The number of likely N-dealkylation sites (N-methyl/N-ethyl adjacent to an activating group) is 1. The van der Waals surface area contributed by atoms with Gasteiger partial charge in [0.25, 0.3) is 0 Å². The van der Waals surface area contributed by atoms with Gasteiger partial charge in [-0.15, -0.1) is 0 Å². The van der Waals surface area contributed by atoms with Crippen molar-refractivity contribution < 1.29 is 9.47 Å². The van der Waals surface area contributed by atoms with E-state index in [4.69, 9.17) is 9.47 Å². The number of nitrogens with one attached hydrogen (secondary N) is 1. The fraction of sp³-hybridized carbons (Fsp3) is 1.00. The summed E-state index contributed by atoms with van der Waals surface area (Å²) < 4.78 is 12.2. The van der Waals surface area contributed by atoms with Gasteiger partial charge in [-0.2, -0.15) is 0 Å². The van der Waals surface area contributed by atoms with E-state index in [1.165, 1.54) is 25.7 Å². The predicted molar refractivity (Wildman–Crippen MR) is 73.8 cm³/mol. The standard InChI is InChI=1S/C15H29NO2/c1-4-16-14-7-5-6-8-15(14)18-13-9-11(2)17-12(3)10-13/h11-16H,4-10H2,1-3H3. The summed E-state index contributed by atoms with van der Waals surface area (Å²) in [6.07, 6.45) is 8.78. The Hall–Kier alpha value is -0.120. The summed E-state index contributed by atoms with van der Waals surface area (Å²) in [5, 5.41) is 3.59. The van der Waals surface area contributed by atoms with Crippen LogP contribution in [0.25, 0.3) is 0 Å². The van der Waals surface area contributed by atoms with Gasteiger partial charge in [0.2, 0.25) is 0 Å². The summed E-state index contributed by atoms with van der Waals surface area (Å²) >= 11 is 0. The topological polar surface area (TPSA) is 30.5 Å². The predicted octanol–water partition coefficient (Wildman–Crippen LogP) is 2.88. The molecule has 106 valence electrons. The quantitative estimate of drug-likeness (QED) is 0.838. The van der Waals surface area contributed by atoms with Crippen LogP contribution < -0.4 is 5.32 Å². The van der Waals surface area contributed by atoms with E-state index in [1.54, 1.807) is 0 Å². The molecular formula is C15H29NO2. The van der Waals surface area contributed by atoms with E-state index in [-0.39, 0.29) is 0 Å². The van der Waals surface area contributed by atoms with Crippen LogP contribution in [-0.4, -0.2) is 37.0 Å². The number of hydrogen-bond donors (Lipinski definition) is 1. The minimum atomic E-state index is 0.347. The Balaban J connectivity index is 1.85. The Morgan fingerprint density at radius 3 is 2.44 bits per heavy atom. The van der Waals surface area contributed by atoms with Gasteiger partial charge in [0, 0.05) is 6.04 Å². The minimum absolute atomic E-state index is 0.347. The minimum Gasteiger partial charge on any atom is -0.375 e. The van der Waals surface area contributed by atoms with E-state index >= 15 is 0 Å². The molecule has 2 aliphatic rings. The summed E-state index contributed by atoms with van der Waals surface area (Å²) in [6.45, 7) is 7.55. The fourth-order valence-electron chi connectivity index (χ4n) is 3.46. The molecule has 2 rings (SSSR count). The van der Waals surface area contributed by atoms with E-state index in [1.807, 2.05) is 0 Å². The van der Waals surface area contributed by atoms with Crippen molar-refractivity contribution in [2.75, 3.05) is 6.54 Å². The van der Waals surface area contributed by atoms with Crippen LogP contribution in [0.3, 0.4) is 0 Å². The first kappa shape index (κ1) is 14.3. The third-order valence-electron chi connectivity index (χ3n) is 4.19. The van der Waals surface area contributed by atoms with Crippen molar-refractivity contribution in [3.63, 3.8) is 0 Å². The lowest BCUT2D eigenvalue weighted by Gasteiger charge is -2.38. The number of rotatable bonds is 4. The van der Waals surface area contributed by atoms with E-state index < -0.39 is 0 Å². The molecular weight excluding hydrogens is 226 g/mol. The maximum Gasteiger partial charge on any atom is 0.0731 e. The molecule has 3 nitrogen and oxygen atoms in total. The maximum absolute atomic E-state index is 6.40. The Kier molecular flexibility index (Phi) is 5.46. The monoisotopic (exact) mass is 255 g/mol. The highest BCUT2D eigenvalue weighted by atomic mass is 16.5. The van der Waals surface area contributed by atoms with Gasteiger partial charge < -0.3 is 14.8 Å². The lowest BCUT2D eigenvalue weighted by atomic mass is 9.91. The molecule has 3 heteroatoms. The van der Waals surface area contributed by atoms with Crippen molar-refractivity contribution in [2.45, 2.75) is 89.8 Å². The average Bonchev–Trinajstić information content (AvgIpc) is 2.30. The molecule has 1 aliphatic heterocycles. The third kappa shape index (κ3) is 3.94. The van der Waals surface area contributed by atoms with Crippen LogP contribution in [-0.2, 0) is 9.47 Å². The Morgan fingerprint density at radius 1 is 1.11 bits per heavy atom. The Labute approximate surface area is 112 Å². The summed E-state index contributed by atoms with van der Waals surface area (Å²) in [7, 11) is 0. The summed E-state index contributed by atoms with van der Waals surface area (Å²) in [4.78, 5) is 0. The summed E-state index contributed by atoms with van der Waals surface area (Å²) in [5.41, 5.74) is 0. The normalized spacial score (nSPS) is 41.8.